The summed E-state index contributed by atoms with van der Waals surface area (Å²) in [4.78, 5) is 16.3. The molecule has 126 valence electrons. The van der Waals surface area contributed by atoms with Gasteiger partial charge in [-0.15, -0.1) is 0 Å². The van der Waals surface area contributed by atoms with Crippen molar-refractivity contribution in [2.24, 2.45) is 5.92 Å². The smallest absolute Gasteiger partial charge is 0.266 e. The first-order valence-electron chi connectivity index (χ1n) is 7.66. The molecule has 0 aliphatic carbocycles. The van der Waals surface area contributed by atoms with Gasteiger partial charge >= 0.3 is 0 Å². The van der Waals surface area contributed by atoms with Gasteiger partial charge in [-0.1, -0.05) is 30.3 Å². The van der Waals surface area contributed by atoms with Crippen molar-refractivity contribution in [2.75, 3.05) is 19.0 Å². The highest BCUT2D eigenvalue weighted by molar-refractivity contribution is 7.90. The first-order valence-corrected chi connectivity index (χ1v) is 9.32. The van der Waals surface area contributed by atoms with Crippen molar-refractivity contribution in [2.45, 2.75) is 6.42 Å². The maximum Gasteiger partial charge on any atom is 0.266 e. The molecule has 1 aromatic carbocycles. The molecule has 1 saturated heterocycles. The normalized spacial score (nSPS) is 17.6. The summed E-state index contributed by atoms with van der Waals surface area (Å²) < 4.78 is 31.5. The Balaban J connectivity index is 1.73. The third-order valence-corrected chi connectivity index (χ3v) is 5.24. The largest absolute Gasteiger partial charge is 0.381 e. The number of aromatic nitrogens is 1. The lowest BCUT2D eigenvalue weighted by Crippen LogP contribution is -2.35. The van der Waals surface area contributed by atoms with Gasteiger partial charge in [0.25, 0.3) is 5.91 Å². The number of carbonyl (C=O) groups is 1. The van der Waals surface area contributed by atoms with Crippen LogP contribution in [0.1, 0.15) is 16.8 Å². The fraction of sp³-hybridized carbons (Fsp3) is 0.294. The zero-order chi connectivity index (χ0) is 17.0. The van der Waals surface area contributed by atoms with E-state index in [4.69, 9.17) is 4.74 Å². The number of amides is 1. The molecule has 2 aromatic rings. The average molecular weight is 346 g/mol. The Bertz CT molecular complexity index is 815. The van der Waals surface area contributed by atoms with Gasteiger partial charge in [0.15, 0.2) is 0 Å². The standard InChI is InChI=1S/C17H18N2O4S/c20-17(19-24(21,22)12-13-6-7-23-11-13)16-8-15(9-18-10-16)14-4-2-1-3-5-14/h1-5,8-10,13H,6-7,11-12H2,(H,19,20)/t13-/m0/s1. The topological polar surface area (TPSA) is 85.4 Å². The molecule has 1 atom stereocenters. The summed E-state index contributed by atoms with van der Waals surface area (Å²) in [7, 11) is -3.70. The monoisotopic (exact) mass is 346 g/mol. The van der Waals surface area contributed by atoms with Crippen LogP contribution in [-0.2, 0) is 14.8 Å². The van der Waals surface area contributed by atoms with E-state index in [0.717, 1.165) is 11.1 Å². The van der Waals surface area contributed by atoms with Crippen LogP contribution in [0.4, 0.5) is 0 Å². The van der Waals surface area contributed by atoms with E-state index in [2.05, 4.69) is 9.71 Å². The number of sulfonamides is 1. The van der Waals surface area contributed by atoms with E-state index >= 15 is 0 Å². The highest BCUT2D eigenvalue weighted by Crippen LogP contribution is 2.19. The van der Waals surface area contributed by atoms with Crippen LogP contribution < -0.4 is 4.72 Å². The van der Waals surface area contributed by atoms with Crippen molar-refractivity contribution < 1.29 is 17.9 Å². The molecule has 1 fully saturated rings. The minimum absolute atomic E-state index is 0.0657. The maximum atomic E-state index is 12.3. The Labute approximate surface area is 140 Å². The van der Waals surface area contributed by atoms with E-state index in [1.807, 2.05) is 30.3 Å². The SMILES string of the molecule is O=C(NS(=O)(=O)C[C@H]1CCOC1)c1cncc(-c2ccccc2)c1. The van der Waals surface area contributed by atoms with Crippen molar-refractivity contribution in [1.29, 1.82) is 0 Å². The van der Waals surface area contributed by atoms with Crippen LogP contribution >= 0.6 is 0 Å². The summed E-state index contributed by atoms with van der Waals surface area (Å²) in [5.41, 5.74) is 1.87. The third-order valence-electron chi connectivity index (χ3n) is 3.83. The van der Waals surface area contributed by atoms with Crippen molar-refractivity contribution in [1.82, 2.24) is 9.71 Å². The second kappa shape index (κ2) is 7.11. The summed E-state index contributed by atoms with van der Waals surface area (Å²) in [5, 5.41) is 0. The number of ether oxygens (including phenoxy) is 1. The Morgan fingerprint density at radius 1 is 1.21 bits per heavy atom. The molecule has 6 nitrogen and oxygen atoms in total. The van der Waals surface area contributed by atoms with E-state index in [1.54, 1.807) is 12.3 Å². The molecular weight excluding hydrogens is 328 g/mol. The number of carbonyl (C=O) groups excluding carboxylic acids is 1. The van der Waals surface area contributed by atoms with Gasteiger partial charge in [-0.2, -0.15) is 0 Å². The van der Waals surface area contributed by atoms with Gasteiger partial charge in [-0.05, 0) is 18.1 Å². The zero-order valence-electron chi connectivity index (χ0n) is 13.0. The van der Waals surface area contributed by atoms with Gasteiger partial charge in [-0.3, -0.25) is 9.78 Å². The predicted molar refractivity (Wildman–Crippen MR) is 89.9 cm³/mol. The molecule has 1 amide bonds. The van der Waals surface area contributed by atoms with Crippen LogP contribution in [0.25, 0.3) is 11.1 Å². The number of nitrogens with zero attached hydrogens (tertiary/aromatic N) is 1. The fourth-order valence-corrected chi connectivity index (χ4v) is 3.99. The number of nitrogens with one attached hydrogen (secondary N) is 1. The van der Waals surface area contributed by atoms with Crippen molar-refractivity contribution in [3.63, 3.8) is 0 Å². The lowest BCUT2D eigenvalue weighted by Gasteiger charge is -2.10. The molecule has 1 aliphatic heterocycles. The van der Waals surface area contributed by atoms with Crippen LogP contribution in [0, 0.1) is 5.92 Å². The number of hydrogen-bond donors (Lipinski definition) is 1. The van der Waals surface area contributed by atoms with Crippen molar-refractivity contribution in [3.05, 3.63) is 54.4 Å². The molecular formula is C17H18N2O4S. The fourth-order valence-electron chi connectivity index (χ4n) is 2.62. The minimum atomic E-state index is -3.70. The van der Waals surface area contributed by atoms with Crippen molar-refractivity contribution in [3.8, 4) is 11.1 Å². The Morgan fingerprint density at radius 2 is 2.00 bits per heavy atom. The van der Waals surface area contributed by atoms with E-state index in [9.17, 15) is 13.2 Å². The molecule has 0 spiro atoms. The summed E-state index contributed by atoms with van der Waals surface area (Å²) >= 11 is 0. The third kappa shape index (κ3) is 4.18. The van der Waals surface area contributed by atoms with E-state index < -0.39 is 15.9 Å². The molecule has 1 aromatic heterocycles. The van der Waals surface area contributed by atoms with E-state index in [0.29, 0.717) is 19.6 Å². The summed E-state index contributed by atoms with van der Waals surface area (Å²) in [5.74, 6) is -0.840. The van der Waals surface area contributed by atoms with Crippen LogP contribution in [0.15, 0.2) is 48.8 Å². The zero-order valence-corrected chi connectivity index (χ0v) is 13.8. The Kier molecular flexibility index (Phi) is 4.92. The number of hydrogen-bond acceptors (Lipinski definition) is 5. The molecule has 0 radical (unpaired) electrons. The van der Waals surface area contributed by atoms with Gasteiger partial charge in [0.05, 0.1) is 17.9 Å². The number of pyridine rings is 1. The summed E-state index contributed by atoms with van der Waals surface area (Å²) in [6, 6.07) is 11.1. The predicted octanol–water partition coefficient (Wildman–Crippen LogP) is 1.84. The highest BCUT2D eigenvalue weighted by Gasteiger charge is 2.25. The van der Waals surface area contributed by atoms with Gasteiger partial charge < -0.3 is 4.74 Å². The van der Waals surface area contributed by atoms with Crippen molar-refractivity contribution >= 4 is 15.9 Å². The summed E-state index contributed by atoms with van der Waals surface area (Å²) in [6.07, 6.45) is 3.69. The molecule has 2 heterocycles. The quantitative estimate of drug-likeness (QED) is 0.893. The minimum Gasteiger partial charge on any atom is -0.381 e. The Hall–Kier alpha value is -2.25. The molecule has 0 bridgehead atoms. The molecule has 0 unspecified atom stereocenters. The second-order valence-corrected chi connectivity index (χ2v) is 7.54. The molecule has 3 rings (SSSR count). The molecule has 1 N–H and O–H groups in total. The molecule has 1 aliphatic rings. The summed E-state index contributed by atoms with van der Waals surface area (Å²) in [6.45, 7) is 0.983. The number of benzene rings is 1. The van der Waals surface area contributed by atoms with Crippen LogP contribution in [-0.4, -0.2) is 38.3 Å². The van der Waals surface area contributed by atoms with Gasteiger partial charge in [-0.25, -0.2) is 13.1 Å². The van der Waals surface area contributed by atoms with E-state index in [-0.39, 0.29) is 17.2 Å². The molecule has 0 saturated carbocycles. The molecule has 7 heteroatoms. The van der Waals surface area contributed by atoms with Crippen LogP contribution in [0.3, 0.4) is 0 Å². The van der Waals surface area contributed by atoms with Gasteiger partial charge in [0.2, 0.25) is 10.0 Å². The van der Waals surface area contributed by atoms with Gasteiger partial charge in [0, 0.05) is 30.5 Å². The van der Waals surface area contributed by atoms with Crippen LogP contribution in [0.2, 0.25) is 0 Å². The average Bonchev–Trinajstić information content (AvgIpc) is 3.07. The van der Waals surface area contributed by atoms with E-state index in [1.165, 1.54) is 6.20 Å². The second-order valence-electron chi connectivity index (χ2n) is 5.77. The van der Waals surface area contributed by atoms with Crippen LogP contribution in [0.5, 0.6) is 0 Å². The number of rotatable bonds is 5. The van der Waals surface area contributed by atoms with Gasteiger partial charge in [0.1, 0.15) is 0 Å². The lowest BCUT2D eigenvalue weighted by molar-refractivity contribution is 0.0981. The Morgan fingerprint density at radius 3 is 2.71 bits per heavy atom. The first kappa shape index (κ1) is 16.6. The molecule has 24 heavy (non-hydrogen) atoms. The first-order chi connectivity index (χ1) is 11.5. The maximum absolute atomic E-state index is 12.3. The lowest BCUT2D eigenvalue weighted by atomic mass is 10.1. The highest BCUT2D eigenvalue weighted by atomic mass is 32.2.